The highest BCUT2D eigenvalue weighted by Gasteiger charge is 2.40. The molecule has 1 saturated heterocycles. The van der Waals surface area contributed by atoms with Gasteiger partial charge in [0.25, 0.3) is 0 Å². The van der Waals surface area contributed by atoms with Gasteiger partial charge in [-0.05, 0) is 39.7 Å². The zero-order valence-corrected chi connectivity index (χ0v) is 17.4. The van der Waals surface area contributed by atoms with Crippen molar-refractivity contribution in [1.29, 1.82) is 0 Å². The molecule has 0 aliphatic carbocycles. The van der Waals surface area contributed by atoms with Gasteiger partial charge in [0.15, 0.2) is 5.71 Å². The summed E-state index contributed by atoms with van der Waals surface area (Å²) in [5, 5.41) is 0. The van der Waals surface area contributed by atoms with Crippen LogP contribution in [0.3, 0.4) is 0 Å². The van der Waals surface area contributed by atoms with Gasteiger partial charge in [-0.1, -0.05) is 6.92 Å². The summed E-state index contributed by atoms with van der Waals surface area (Å²) < 4.78 is 55.9. The molecule has 1 rings (SSSR count). The monoisotopic (exact) mass is 408 g/mol. The third-order valence-electron chi connectivity index (χ3n) is 4.19. The van der Waals surface area contributed by atoms with Crippen LogP contribution in [0.5, 0.6) is 0 Å². The van der Waals surface area contributed by atoms with Crippen molar-refractivity contribution < 1.29 is 32.2 Å². The number of hydrogen-bond donors (Lipinski definition) is 0. The van der Waals surface area contributed by atoms with Crippen molar-refractivity contribution in [3.05, 3.63) is 11.8 Å². The lowest BCUT2D eigenvalue weighted by Gasteiger charge is -2.38. The molecule has 1 fully saturated rings. The van der Waals surface area contributed by atoms with Crippen molar-refractivity contribution >= 4 is 11.8 Å². The lowest BCUT2D eigenvalue weighted by atomic mass is 9.95. The molecule has 162 valence electrons. The number of halogens is 3. The molecule has 1 amide bonds. The maximum absolute atomic E-state index is 13.2. The van der Waals surface area contributed by atoms with E-state index in [0.29, 0.717) is 19.4 Å². The first-order valence-corrected chi connectivity index (χ1v) is 9.31. The van der Waals surface area contributed by atoms with Gasteiger partial charge in [-0.25, -0.2) is 4.79 Å². The number of carbonyl (C=O) groups is 1. The van der Waals surface area contributed by atoms with Gasteiger partial charge in [-0.15, -0.1) is 0 Å². The Hall–Kier alpha value is -1.77. The maximum atomic E-state index is 13.2. The van der Waals surface area contributed by atoms with Gasteiger partial charge >= 0.3 is 12.3 Å². The number of amides is 1. The van der Waals surface area contributed by atoms with E-state index >= 15 is 0 Å². The lowest BCUT2D eigenvalue weighted by molar-refractivity contribution is -0.0631. The summed E-state index contributed by atoms with van der Waals surface area (Å²) in [7, 11) is 2.62. The van der Waals surface area contributed by atoms with Gasteiger partial charge in [0.05, 0.1) is 12.7 Å². The van der Waals surface area contributed by atoms with Crippen LogP contribution in [0.1, 0.15) is 40.5 Å². The molecule has 0 radical (unpaired) electrons. The summed E-state index contributed by atoms with van der Waals surface area (Å²) in [6.07, 6.45) is -3.02. The van der Waals surface area contributed by atoms with Crippen LogP contribution in [-0.4, -0.2) is 68.4 Å². The molecule has 2 unspecified atom stereocenters. The van der Waals surface area contributed by atoms with Gasteiger partial charge in [0.1, 0.15) is 11.4 Å². The number of nitrogens with zero attached hydrogens (tertiary/aromatic N) is 2. The fourth-order valence-corrected chi connectivity index (χ4v) is 2.96. The van der Waals surface area contributed by atoms with E-state index < -0.39 is 23.6 Å². The van der Waals surface area contributed by atoms with E-state index in [-0.39, 0.29) is 30.9 Å². The number of hydrogen-bond acceptors (Lipinski definition) is 5. The van der Waals surface area contributed by atoms with Crippen molar-refractivity contribution in [3.8, 4) is 0 Å². The number of alkyl halides is 3. The third-order valence-corrected chi connectivity index (χ3v) is 4.19. The molecule has 1 heterocycles. The van der Waals surface area contributed by atoms with Crippen molar-refractivity contribution in [2.75, 3.05) is 33.9 Å². The predicted molar refractivity (Wildman–Crippen MR) is 100 cm³/mol. The molecule has 0 aromatic carbocycles. The Morgan fingerprint density at radius 2 is 1.93 bits per heavy atom. The molecule has 0 saturated carbocycles. The summed E-state index contributed by atoms with van der Waals surface area (Å²) in [6, 6.07) is 0. The van der Waals surface area contributed by atoms with Gasteiger partial charge in [0.2, 0.25) is 0 Å². The molecule has 0 bridgehead atoms. The van der Waals surface area contributed by atoms with Crippen LogP contribution in [0.4, 0.5) is 18.0 Å². The Labute approximate surface area is 164 Å². The molecule has 1 aliphatic heterocycles. The Balaban J connectivity index is 2.87. The quantitative estimate of drug-likeness (QED) is 0.488. The highest BCUT2D eigenvalue weighted by molar-refractivity contribution is 6.02. The summed E-state index contributed by atoms with van der Waals surface area (Å²) >= 11 is 0. The van der Waals surface area contributed by atoms with E-state index in [4.69, 9.17) is 14.2 Å². The number of aliphatic imine (C=N–C) groups is 1. The van der Waals surface area contributed by atoms with Crippen LogP contribution in [-0.2, 0) is 14.2 Å². The van der Waals surface area contributed by atoms with E-state index in [1.807, 2.05) is 0 Å². The van der Waals surface area contributed by atoms with Crippen LogP contribution in [0, 0.1) is 5.92 Å². The Kier molecular flexibility index (Phi) is 8.78. The lowest BCUT2D eigenvalue weighted by Crippen LogP contribution is -2.49. The number of likely N-dealkylation sites (tertiary alicyclic amines) is 1. The fraction of sp³-hybridized carbons (Fsp3) is 0.789. The number of allylic oxidation sites excluding steroid dienone is 2. The van der Waals surface area contributed by atoms with Crippen LogP contribution in [0.2, 0.25) is 0 Å². The zero-order chi connectivity index (χ0) is 21.5. The van der Waals surface area contributed by atoms with Crippen molar-refractivity contribution in [1.82, 2.24) is 4.90 Å². The first-order valence-electron chi connectivity index (χ1n) is 9.31. The van der Waals surface area contributed by atoms with Crippen LogP contribution in [0.25, 0.3) is 0 Å². The number of piperidine rings is 1. The van der Waals surface area contributed by atoms with Gasteiger partial charge in [-0.2, -0.15) is 13.2 Å². The maximum Gasteiger partial charge on any atom is 0.436 e. The second-order valence-electron chi connectivity index (χ2n) is 7.61. The molecule has 0 aromatic heterocycles. The average Bonchev–Trinajstić information content (AvgIpc) is 2.57. The van der Waals surface area contributed by atoms with Gasteiger partial charge in [-0.3, -0.25) is 4.99 Å². The first kappa shape index (κ1) is 24.3. The normalized spacial score (nSPS) is 22.2. The molecule has 2 atom stereocenters. The fourth-order valence-electron chi connectivity index (χ4n) is 2.96. The number of methoxy groups -OCH3 is 1. The number of rotatable bonds is 6. The largest absolute Gasteiger partial charge is 0.491 e. The molecule has 9 heteroatoms. The van der Waals surface area contributed by atoms with Crippen molar-refractivity contribution in [2.45, 2.75) is 58.4 Å². The van der Waals surface area contributed by atoms with Gasteiger partial charge < -0.3 is 19.1 Å². The minimum Gasteiger partial charge on any atom is -0.491 e. The minimum atomic E-state index is -4.61. The van der Waals surface area contributed by atoms with Crippen molar-refractivity contribution in [2.24, 2.45) is 10.9 Å². The zero-order valence-electron chi connectivity index (χ0n) is 17.4. The summed E-state index contributed by atoms with van der Waals surface area (Å²) in [4.78, 5) is 17.2. The molecular weight excluding hydrogens is 377 g/mol. The Bertz CT molecular complexity index is 583. The van der Waals surface area contributed by atoms with Crippen LogP contribution in [0.15, 0.2) is 16.8 Å². The van der Waals surface area contributed by atoms with Crippen molar-refractivity contribution in [3.63, 3.8) is 0 Å². The first-order chi connectivity index (χ1) is 12.9. The molecule has 28 heavy (non-hydrogen) atoms. The topological polar surface area (TPSA) is 60.4 Å². The summed E-state index contributed by atoms with van der Waals surface area (Å²) in [5.74, 6) is -0.598. The summed E-state index contributed by atoms with van der Waals surface area (Å²) in [6.45, 7) is 7.74. The Morgan fingerprint density at radius 1 is 1.29 bits per heavy atom. The SMILES string of the molecule is CC/C=C(/OCC1CN(C(=O)OC(C)(C)C)CCC1OC)C(=NC)C(F)(F)F. The minimum absolute atomic E-state index is 0.0290. The average molecular weight is 408 g/mol. The second kappa shape index (κ2) is 10.1. The molecule has 6 nitrogen and oxygen atoms in total. The van der Waals surface area contributed by atoms with E-state index in [2.05, 4.69) is 4.99 Å². The molecule has 1 aliphatic rings. The standard InChI is InChI=1S/C19H31F3N2O4/c1-7-8-15(16(23-5)19(20,21)22)27-12-13-11-24(10-9-14(13)26-6)17(25)28-18(2,3)4/h8,13-14H,7,9-12H2,1-6H3/b15-8+,23-16?. The number of ether oxygens (including phenoxy) is 3. The van der Waals surface area contributed by atoms with E-state index in [0.717, 1.165) is 7.05 Å². The smallest absolute Gasteiger partial charge is 0.436 e. The molecule has 0 N–H and O–H groups in total. The van der Waals surface area contributed by atoms with Crippen LogP contribution < -0.4 is 0 Å². The van der Waals surface area contributed by atoms with Gasteiger partial charge in [0, 0.05) is 33.2 Å². The van der Waals surface area contributed by atoms with E-state index in [1.165, 1.54) is 18.1 Å². The highest BCUT2D eigenvalue weighted by atomic mass is 19.4. The molecule has 0 spiro atoms. The third kappa shape index (κ3) is 7.33. The second-order valence-corrected chi connectivity index (χ2v) is 7.61. The highest BCUT2D eigenvalue weighted by Crippen LogP contribution is 2.26. The van der Waals surface area contributed by atoms with E-state index in [1.54, 1.807) is 27.7 Å². The van der Waals surface area contributed by atoms with Crippen LogP contribution >= 0.6 is 0 Å². The van der Waals surface area contributed by atoms with E-state index in [9.17, 15) is 18.0 Å². The number of carbonyl (C=O) groups excluding carboxylic acids is 1. The molecular formula is C19H31F3N2O4. The predicted octanol–water partition coefficient (Wildman–Crippen LogP) is 4.20. The molecule has 0 aromatic rings. The summed E-state index contributed by atoms with van der Waals surface area (Å²) in [5.41, 5.74) is -1.68. The Morgan fingerprint density at radius 3 is 2.39 bits per heavy atom.